The molecule has 1 aromatic heterocycles. The van der Waals surface area contributed by atoms with Gasteiger partial charge in [-0.2, -0.15) is 0 Å². The van der Waals surface area contributed by atoms with Gasteiger partial charge in [-0.05, 0) is 25.3 Å². The Balaban J connectivity index is 2.14. The van der Waals surface area contributed by atoms with Crippen molar-refractivity contribution in [2.24, 2.45) is 5.92 Å². The average Bonchev–Trinajstić information content (AvgIpc) is 2.85. The molecule has 0 saturated carbocycles. The fourth-order valence-corrected chi connectivity index (χ4v) is 2.74. The summed E-state index contributed by atoms with van der Waals surface area (Å²) in [5.41, 5.74) is 0. The number of likely N-dealkylation sites (tertiary alicyclic amines) is 1. The maximum absolute atomic E-state index is 5.93. The molecule has 5 heteroatoms. The number of hydrogen-bond donors (Lipinski definition) is 0. The summed E-state index contributed by atoms with van der Waals surface area (Å²) >= 11 is 5.93. The Labute approximate surface area is 114 Å². The van der Waals surface area contributed by atoms with Crippen molar-refractivity contribution in [2.75, 3.05) is 13.1 Å². The Hall–Kier alpha value is -0.870. The van der Waals surface area contributed by atoms with E-state index in [2.05, 4.69) is 40.1 Å². The molecular weight excluding hydrogens is 248 g/mol. The molecule has 1 aliphatic rings. The second-order valence-corrected chi connectivity index (χ2v) is 5.92. The largest absolute Gasteiger partial charge is 0.316 e. The molecule has 0 spiro atoms. The molecule has 1 unspecified atom stereocenters. The number of rotatable bonds is 5. The van der Waals surface area contributed by atoms with Crippen LogP contribution in [0, 0.1) is 5.92 Å². The van der Waals surface area contributed by atoms with Gasteiger partial charge < -0.3 is 4.57 Å². The molecule has 0 N–H and O–H groups in total. The van der Waals surface area contributed by atoms with Crippen LogP contribution in [-0.2, 0) is 6.54 Å². The first-order valence-electron chi connectivity index (χ1n) is 6.53. The Morgan fingerprint density at radius 3 is 3.06 bits per heavy atom. The van der Waals surface area contributed by atoms with Crippen molar-refractivity contribution in [1.82, 2.24) is 19.7 Å². The first-order valence-corrected chi connectivity index (χ1v) is 6.90. The highest BCUT2D eigenvalue weighted by Crippen LogP contribution is 2.31. The van der Waals surface area contributed by atoms with Crippen LogP contribution in [0.4, 0.5) is 0 Å². The molecule has 0 aromatic carbocycles. The van der Waals surface area contributed by atoms with Crippen LogP contribution >= 0.6 is 11.6 Å². The zero-order chi connectivity index (χ0) is 13.1. The van der Waals surface area contributed by atoms with E-state index in [0.29, 0.717) is 17.0 Å². The predicted octanol–water partition coefficient (Wildman–Crippen LogP) is 2.82. The zero-order valence-corrected chi connectivity index (χ0v) is 11.9. The molecule has 100 valence electrons. The minimum atomic E-state index is 0.335. The summed E-state index contributed by atoms with van der Waals surface area (Å²) in [4.78, 5) is 2.34. The summed E-state index contributed by atoms with van der Waals surface area (Å²) in [6.07, 6.45) is 4.14. The highest BCUT2D eigenvalue weighted by Gasteiger charge is 2.29. The van der Waals surface area contributed by atoms with Crippen LogP contribution in [0.5, 0.6) is 0 Å². The maximum Gasteiger partial charge on any atom is 0.150 e. The first-order chi connectivity index (χ1) is 8.58. The predicted molar refractivity (Wildman–Crippen MR) is 73.4 cm³/mol. The van der Waals surface area contributed by atoms with Gasteiger partial charge in [-0.15, -0.1) is 10.2 Å². The summed E-state index contributed by atoms with van der Waals surface area (Å²) in [6.45, 7) is 11.0. The number of aromatic nitrogens is 3. The van der Waals surface area contributed by atoms with Crippen molar-refractivity contribution in [3.8, 4) is 0 Å². The maximum atomic E-state index is 5.93. The van der Waals surface area contributed by atoms with E-state index in [1.807, 2.05) is 6.33 Å². The van der Waals surface area contributed by atoms with E-state index in [1.165, 1.54) is 6.42 Å². The monoisotopic (exact) mass is 268 g/mol. The second kappa shape index (κ2) is 5.85. The first kappa shape index (κ1) is 13.6. The molecule has 1 fully saturated rings. The summed E-state index contributed by atoms with van der Waals surface area (Å²) in [5, 5.41) is 9.06. The molecule has 1 atom stereocenters. The van der Waals surface area contributed by atoms with Gasteiger partial charge in [-0.25, -0.2) is 0 Å². The number of halogens is 1. The average molecular weight is 269 g/mol. The lowest BCUT2D eigenvalue weighted by Crippen LogP contribution is -2.27. The van der Waals surface area contributed by atoms with Gasteiger partial charge in [0, 0.05) is 18.1 Å². The molecule has 1 aromatic rings. The Kier molecular flexibility index (Phi) is 4.40. The molecule has 18 heavy (non-hydrogen) atoms. The highest BCUT2D eigenvalue weighted by molar-refractivity contribution is 6.29. The third kappa shape index (κ3) is 3.12. The van der Waals surface area contributed by atoms with E-state index < -0.39 is 0 Å². The Bertz CT molecular complexity index is 413. The Morgan fingerprint density at radius 2 is 2.39 bits per heavy atom. The highest BCUT2D eigenvalue weighted by atomic mass is 35.5. The van der Waals surface area contributed by atoms with E-state index in [9.17, 15) is 0 Å². The van der Waals surface area contributed by atoms with E-state index in [-0.39, 0.29) is 0 Å². The summed E-state index contributed by atoms with van der Waals surface area (Å²) in [5.74, 6) is 1.66. The summed E-state index contributed by atoms with van der Waals surface area (Å²) in [6, 6.07) is 0.335. The lowest BCUT2D eigenvalue weighted by molar-refractivity contribution is 0.264. The van der Waals surface area contributed by atoms with E-state index in [1.54, 1.807) is 0 Å². The zero-order valence-electron chi connectivity index (χ0n) is 11.1. The summed E-state index contributed by atoms with van der Waals surface area (Å²) in [7, 11) is 0. The number of hydrogen-bond acceptors (Lipinski definition) is 3. The van der Waals surface area contributed by atoms with Gasteiger partial charge in [0.05, 0.1) is 6.04 Å². The molecule has 2 heterocycles. The molecule has 1 aliphatic heterocycles. The van der Waals surface area contributed by atoms with Crippen molar-refractivity contribution < 1.29 is 0 Å². The molecule has 0 amide bonds. The van der Waals surface area contributed by atoms with Crippen LogP contribution in [0.2, 0.25) is 0 Å². The minimum Gasteiger partial charge on any atom is -0.316 e. The normalized spacial score (nSPS) is 20.8. The topological polar surface area (TPSA) is 34.0 Å². The molecule has 0 aliphatic carbocycles. The fourth-order valence-electron chi connectivity index (χ4n) is 2.58. The number of nitrogens with zero attached hydrogens (tertiary/aromatic N) is 4. The van der Waals surface area contributed by atoms with E-state index in [0.717, 1.165) is 31.9 Å². The minimum absolute atomic E-state index is 0.335. The van der Waals surface area contributed by atoms with Gasteiger partial charge in [0.2, 0.25) is 0 Å². The molecule has 4 nitrogen and oxygen atoms in total. The second-order valence-electron chi connectivity index (χ2n) is 5.38. The smallest absolute Gasteiger partial charge is 0.150 e. The SMILES string of the molecule is C=C(Cl)CN1CCCC1c1nncn1CC(C)C. The van der Waals surface area contributed by atoms with Gasteiger partial charge >= 0.3 is 0 Å². The van der Waals surface area contributed by atoms with Crippen molar-refractivity contribution in [1.29, 1.82) is 0 Å². The molecule has 0 bridgehead atoms. The third-order valence-corrected chi connectivity index (χ3v) is 3.36. The third-order valence-electron chi connectivity index (χ3n) is 3.24. The van der Waals surface area contributed by atoms with Crippen molar-refractivity contribution in [2.45, 2.75) is 39.3 Å². The lowest BCUT2D eigenvalue weighted by atomic mass is 10.2. The fraction of sp³-hybridized carbons (Fsp3) is 0.692. The van der Waals surface area contributed by atoms with Crippen molar-refractivity contribution >= 4 is 11.6 Å². The van der Waals surface area contributed by atoms with Gasteiger partial charge in [-0.1, -0.05) is 32.0 Å². The van der Waals surface area contributed by atoms with Gasteiger partial charge in [0.1, 0.15) is 12.2 Å². The standard InChI is InChI=1S/C13H21ClN4/c1-10(2)7-18-9-15-16-13(18)12-5-4-6-17(12)8-11(3)14/h9-10,12H,3-8H2,1-2H3. The van der Waals surface area contributed by atoms with Crippen LogP contribution < -0.4 is 0 Å². The van der Waals surface area contributed by atoms with Gasteiger partial charge in [0.25, 0.3) is 0 Å². The summed E-state index contributed by atoms with van der Waals surface area (Å²) < 4.78 is 2.17. The molecule has 1 saturated heterocycles. The van der Waals surface area contributed by atoms with Crippen LogP contribution in [0.3, 0.4) is 0 Å². The molecule has 2 rings (SSSR count). The van der Waals surface area contributed by atoms with E-state index >= 15 is 0 Å². The van der Waals surface area contributed by atoms with Crippen LogP contribution in [-0.4, -0.2) is 32.8 Å². The quantitative estimate of drug-likeness (QED) is 0.824. The Morgan fingerprint density at radius 1 is 1.61 bits per heavy atom. The molecule has 0 radical (unpaired) electrons. The van der Waals surface area contributed by atoms with Crippen LogP contribution in [0.25, 0.3) is 0 Å². The van der Waals surface area contributed by atoms with Crippen molar-refractivity contribution in [3.05, 3.63) is 23.8 Å². The van der Waals surface area contributed by atoms with Crippen LogP contribution in [0.15, 0.2) is 17.9 Å². The van der Waals surface area contributed by atoms with Crippen LogP contribution in [0.1, 0.15) is 38.6 Å². The molecular formula is C13H21ClN4. The van der Waals surface area contributed by atoms with Gasteiger partial charge in [-0.3, -0.25) is 4.90 Å². The van der Waals surface area contributed by atoms with E-state index in [4.69, 9.17) is 11.6 Å². The lowest BCUT2D eigenvalue weighted by Gasteiger charge is -2.24. The van der Waals surface area contributed by atoms with Crippen molar-refractivity contribution in [3.63, 3.8) is 0 Å². The van der Waals surface area contributed by atoms with Gasteiger partial charge in [0.15, 0.2) is 0 Å².